The van der Waals surface area contributed by atoms with E-state index in [0.717, 1.165) is 56.1 Å². The van der Waals surface area contributed by atoms with E-state index >= 15 is 0 Å². The number of thiazole rings is 1. The fourth-order valence-corrected chi connectivity index (χ4v) is 4.72. The maximum atomic E-state index is 13.5. The normalized spacial score (nSPS) is 11.0. The molecule has 0 aliphatic rings. The van der Waals surface area contributed by atoms with Crippen LogP contribution < -0.4 is 4.90 Å². The van der Waals surface area contributed by atoms with Gasteiger partial charge in [0.2, 0.25) is 0 Å². The third kappa shape index (κ3) is 5.57. The Hall–Kier alpha value is -1.47. The predicted molar refractivity (Wildman–Crippen MR) is 130 cm³/mol. The highest BCUT2D eigenvalue weighted by molar-refractivity contribution is 9.10. The Morgan fingerprint density at radius 2 is 1.79 bits per heavy atom. The lowest BCUT2D eigenvalue weighted by atomic mass is 10.0. The summed E-state index contributed by atoms with van der Waals surface area (Å²) in [7, 11) is 0. The van der Waals surface area contributed by atoms with Crippen LogP contribution in [0.3, 0.4) is 0 Å². The number of nitrogens with zero attached hydrogens (tertiary/aromatic N) is 3. The van der Waals surface area contributed by atoms with Crippen LogP contribution in [0.2, 0.25) is 0 Å². The number of aromatic nitrogens is 1. The molecule has 0 saturated heterocycles. The van der Waals surface area contributed by atoms with E-state index in [4.69, 9.17) is 4.98 Å². The molecule has 0 radical (unpaired) electrons. The van der Waals surface area contributed by atoms with Crippen molar-refractivity contribution in [3.63, 3.8) is 0 Å². The molecule has 0 atom stereocenters. The van der Waals surface area contributed by atoms with Crippen LogP contribution in [0.5, 0.6) is 0 Å². The van der Waals surface area contributed by atoms with Gasteiger partial charge in [0.05, 0.1) is 10.2 Å². The molecule has 0 fully saturated rings. The van der Waals surface area contributed by atoms with E-state index in [-0.39, 0.29) is 18.3 Å². The number of aryl methyl sites for hydroxylation is 2. The van der Waals surface area contributed by atoms with Gasteiger partial charge in [-0.05, 0) is 56.8 Å². The van der Waals surface area contributed by atoms with Crippen LogP contribution in [0.15, 0.2) is 40.9 Å². The van der Waals surface area contributed by atoms with Gasteiger partial charge in [-0.1, -0.05) is 58.8 Å². The van der Waals surface area contributed by atoms with Gasteiger partial charge in [-0.3, -0.25) is 9.69 Å². The molecule has 1 amide bonds. The molecule has 2 aromatic carbocycles. The Labute approximate surface area is 191 Å². The van der Waals surface area contributed by atoms with E-state index in [1.807, 2.05) is 49.1 Å². The van der Waals surface area contributed by atoms with E-state index in [1.54, 1.807) is 11.3 Å². The summed E-state index contributed by atoms with van der Waals surface area (Å²) in [6.45, 7) is 11.7. The smallest absolute Gasteiger partial charge is 0.260 e. The zero-order valence-electron chi connectivity index (χ0n) is 17.2. The molecule has 4 nitrogen and oxygen atoms in total. The Kier molecular flexibility index (Phi) is 8.64. The first-order valence-corrected chi connectivity index (χ1v) is 11.2. The molecule has 7 heteroatoms. The average Bonchev–Trinajstić information content (AvgIpc) is 3.09. The highest BCUT2D eigenvalue weighted by atomic mass is 79.9. The summed E-state index contributed by atoms with van der Waals surface area (Å²) in [5, 5.41) is 0.756. The van der Waals surface area contributed by atoms with Crippen molar-refractivity contribution >= 4 is 60.9 Å². The first kappa shape index (κ1) is 23.8. The second-order valence-corrected chi connectivity index (χ2v) is 8.84. The lowest BCUT2D eigenvalue weighted by molar-refractivity contribution is 0.0983. The van der Waals surface area contributed by atoms with Crippen LogP contribution in [0.1, 0.15) is 35.3 Å². The largest absolute Gasteiger partial charge is 0.302 e. The fourth-order valence-electron chi connectivity index (χ4n) is 3.18. The van der Waals surface area contributed by atoms with Crippen molar-refractivity contribution in [1.29, 1.82) is 0 Å². The van der Waals surface area contributed by atoms with E-state index in [2.05, 4.69) is 40.7 Å². The number of hydrogen-bond acceptors (Lipinski definition) is 4. The standard InChI is InChI=1S/C22H26BrN3OS.ClH/c1-5-25(6-2)11-12-26(21(27)18-13-15(3)7-8-16(18)4)22-24-19-10-9-17(23)14-20(19)28-22;/h7-10,13-14H,5-6,11-12H2,1-4H3;1H. The van der Waals surface area contributed by atoms with Crippen molar-refractivity contribution in [1.82, 2.24) is 9.88 Å². The molecule has 0 bridgehead atoms. The fraction of sp³-hybridized carbons (Fsp3) is 0.364. The lowest BCUT2D eigenvalue weighted by Crippen LogP contribution is -2.39. The first-order chi connectivity index (χ1) is 13.4. The van der Waals surface area contributed by atoms with Gasteiger partial charge in [-0.25, -0.2) is 4.98 Å². The highest BCUT2D eigenvalue weighted by Crippen LogP contribution is 2.32. The van der Waals surface area contributed by atoms with Crippen molar-refractivity contribution in [2.45, 2.75) is 27.7 Å². The molecule has 0 N–H and O–H groups in total. The Morgan fingerprint density at radius 1 is 1.07 bits per heavy atom. The van der Waals surface area contributed by atoms with Crippen molar-refractivity contribution in [3.05, 3.63) is 57.6 Å². The van der Waals surface area contributed by atoms with E-state index in [0.29, 0.717) is 6.54 Å². The Bertz CT molecular complexity index is 987. The molecular weight excluding hydrogens is 470 g/mol. The zero-order valence-corrected chi connectivity index (χ0v) is 20.5. The van der Waals surface area contributed by atoms with Gasteiger partial charge in [0, 0.05) is 23.1 Å². The maximum absolute atomic E-state index is 13.5. The molecule has 0 spiro atoms. The molecule has 0 saturated carbocycles. The number of rotatable bonds is 7. The number of anilines is 1. The summed E-state index contributed by atoms with van der Waals surface area (Å²) < 4.78 is 2.09. The molecule has 0 unspecified atom stereocenters. The lowest BCUT2D eigenvalue weighted by Gasteiger charge is -2.25. The molecule has 1 aromatic heterocycles. The van der Waals surface area contributed by atoms with Crippen LogP contribution in [-0.2, 0) is 0 Å². The maximum Gasteiger partial charge on any atom is 0.260 e. The number of carbonyl (C=O) groups is 1. The number of benzene rings is 2. The first-order valence-electron chi connectivity index (χ1n) is 9.60. The molecule has 156 valence electrons. The minimum absolute atomic E-state index is 0. The predicted octanol–water partition coefficient (Wildman–Crippen LogP) is 6.09. The topological polar surface area (TPSA) is 36.4 Å². The van der Waals surface area contributed by atoms with Crippen molar-refractivity contribution in [2.24, 2.45) is 0 Å². The number of likely N-dealkylation sites (N-methyl/N-ethyl adjacent to an activating group) is 1. The minimum atomic E-state index is 0. The molecule has 3 aromatic rings. The summed E-state index contributed by atoms with van der Waals surface area (Å²) in [6, 6.07) is 12.1. The molecular formula is C22H27BrClN3OS. The number of fused-ring (bicyclic) bond motifs is 1. The number of hydrogen-bond donors (Lipinski definition) is 0. The Morgan fingerprint density at radius 3 is 2.48 bits per heavy atom. The molecule has 29 heavy (non-hydrogen) atoms. The Balaban J connectivity index is 0.00000300. The van der Waals surface area contributed by atoms with Crippen LogP contribution >= 0.6 is 39.7 Å². The second kappa shape index (κ2) is 10.5. The van der Waals surface area contributed by atoms with Crippen LogP contribution in [-0.4, -0.2) is 42.0 Å². The van der Waals surface area contributed by atoms with Crippen molar-refractivity contribution in [3.8, 4) is 0 Å². The van der Waals surface area contributed by atoms with Gasteiger partial charge in [0.15, 0.2) is 5.13 Å². The van der Waals surface area contributed by atoms with Gasteiger partial charge >= 0.3 is 0 Å². The van der Waals surface area contributed by atoms with Gasteiger partial charge < -0.3 is 4.90 Å². The summed E-state index contributed by atoms with van der Waals surface area (Å²) in [5.41, 5.74) is 3.75. The van der Waals surface area contributed by atoms with Crippen molar-refractivity contribution < 1.29 is 4.79 Å². The second-order valence-electron chi connectivity index (χ2n) is 6.91. The zero-order chi connectivity index (χ0) is 20.3. The van der Waals surface area contributed by atoms with Crippen LogP contribution in [0.4, 0.5) is 5.13 Å². The van der Waals surface area contributed by atoms with Crippen LogP contribution in [0, 0.1) is 13.8 Å². The van der Waals surface area contributed by atoms with E-state index in [1.165, 1.54) is 0 Å². The van der Waals surface area contributed by atoms with Gasteiger partial charge in [-0.2, -0.15) is 0 Å². The summed E-state index contributed by atoms with van der Waals surface area (Å²) in [6.07, 6.45) is 0. The number of halogens is 2. The monoisotopic (exact) mass is 495 g/mol. The number of carbonyl (C=O) groups excluding carboxylic acids is 1. The van der Waals surface area contributed by atoms with E-state index in [9.17, 15) is 4.79 Å². The van der Waals surface area contributed by atoms with E-state index < -0.39 is 0 Å². The third-order valence-electron chi connectivity index (χ3n) is 4.97. The SMILES string of the molecule is CCN(CC)CCN(C(=O)c1cc(C)ccc1C)c1nc2ccc(Br)cc2s1.Cl. The third-order valence-corrected chi connectivity index (χ3v) is 6.51. The summed E-state index contributed by atoms with van der Waals surface area (Å²) >= 11 is 5.09. The highest BCUT2D eigenvalue weighted by Gasteiger charge is 2.23. The van der Waals surface area contributed by atoms with Crippen LogP contribution in [0.25, 0.3) is 10.2 Å². The molecule has 1 heterocycles. The quantitative estimate of drug-likeness (QED) is 0.397. The van der Waals surface area contributed by atoms with Crippen molar-refractivity contribution in [2.75, 3.05) is 31.1 Å². The molecule has 3 rings (SSSR count). The summed E-state index contributed by atoms with van der Waals surface area (Å²) in [5.74, 6) is 0.0199. The molecule has 0 aliphatic carbocycles. The minimum Gasteiger partial charge on any atom is -0.302 e. The number of amides is 1. The molecule has 0 aliphatic heterocycles. The summed E-state index contributed by atoms with van der Waals surface area (Å²) in [4.78, 5) is 22.5. The van der Waals surface area contributed by atoms with Gasteiger partial charge in [0.1, 0.15) is 0 Å². The average molecular weight is 497 g/mol. The van der Waals surface area contributed by atoms with Gasteiger partial charge in [0.25, 0.3) is 5.91 Å². The van der Waals surface area contributed by atoms with Gasteiger partial charge in [-0.15, -0.1) is 12.4 Å².